The van der Waals surface area contributed by atoms with E-state index < -0.39 is 0 Å². The number of para-hydroxylation sites is 1. The van der Waals surface area contributed by atoms with Crippen LogP contribution in [0.1, 0.15) is 49.9 Å². The Morgan fingerprint density at radius 1 is 0.411 bits per heavy atom. The van der Waals surface area contributed by atoms with Crippen LogP contribution in [0.15, 0.2) is 146 Å². The summed E-state index contributed by atoms with van der Waals surface area (Å²) < 4.78 is 0. The first-order valence-corrected chi connectivity index (χ1v) is 19.1. The zero-order valence-corrected chi connectivity index (χ0v) is 31.5. The highest BCUT2D eigenvalue weighted by Crippen LogP contribution is 2.55. The quantitative estimate of drug-likeness (QED) is 0.180. The molecule has 9 aromatic rings. The highest BCUT2D eigenvalue weighted by atomic mass is 14.9. The van der Waals surface area contributed by atoms with Crippen LogP contribution in [0.5, 0.6) is 0 Å². The maximum atomic E-state index is 5.26. The summed E-state index contributed by atoms with van der Waals surface area (Å²) in [5.41, 5.74) is 16.4. The van der Waals surface area contributed by atoms with Gasteiger partial charge in [0.2, 0.25) is 0 Å². The zero-order chi connectivity index (χ0) is 37.8. The Labute approximate surface area is 325 Å². The summed E-state index contributed by atoms with van der Waals surface area (Å²) in [5.74, 6) is 0.549. The minimum atomic E-state index is -0.293. The highest BCUT2D eigenvalue weighted by Gasteiger charge is 2.42. The van der Waals surface area contributed by atoms with E-state index in [2.05, 4.69) is 124 Å². The van der Waals surface area contributed by atoms with Gasteiger partial charge in [-0.15, -0.1) is 0 Å². The van der Waals surface area contributed by atoms with Gasteiger partial charge in [0, 0.05) is 63.3 Å². The lowest BCUT2D eigenvalue weighted by molar-refractivity contribution is 0.651. The molecule has 0 atom stereocenters. The van der Waals surface area contributed by atoms with Crippen molar-refractivity contribution in [3.8, 4) is 67.7 Å². The van der Waals surface area contributed by atoms with Gasteiger partial charge in [-0.25, -0.2) is 9.97 Å². The fourth-order valence-electron chi connectivity index (χ4n) is 9.10. The Hall–Kier alpha value is -6.92. The molecule has 6 nitrogen and oxygen atoms in total. The van der Waals surface area contributed by atoms with Crippen LogP contribution in [0.4, 0.5) is 0 Å². The number of rotatable bonds is 4. The van der Waals surface area contributed by atoms with Crippen molar-refractivity contribution in [3.63, 3.8) is 0 Å². The van der Waals surface area contributed by atoms with Gasteiger partial charge in [-0.2, -0.15) is 0 Å². The molecule has 0 fully saturated rings. The summed E-state index contributed by atoms with van der Waals surface area (Å²) >= 11 is 0. The normalized spacial score (nSPS) is 14.4. The Morgan fingerprint density at radius 3 is 1.98 bits per heavy atom. The van der Waals surface area contributed by atoms with Crippen molar-refractivity contribution in [1.82, 2.24) is 29.9 Å². The average Bonchev–Trinajstić information content (AvgIpc) is 3.61. The van der Waals surface area contributed by atoms with Crippen LogP contribution in [0, 0.1) is 0 Å². The van der Waals surface area contributed by atoms with Gasteiger partial charge in [0.1, 0.15) is 5.69 Å². The number of fused-ring (bicyclic) bond motifs is 8. The molecule has 5 heterocycles. The summed E-state index contributed by atoms with van der Waals surface area (Å²) in [6.45, 7) is 9.20. The van der Waals surface area contributed by atoms with E-state index in [1.165, 1.54) is 44.2 Å². The average molecular weight is 721 g/mol. The van der Waals surface area contributed by atoms with E-state index in [9.17, 15) is 0 Å². The molecule has 5 aromatic heterocycles. The fourth-order valence-corrected chi connectivity index (χ4v) is 9.10. The second-order valence-corrected chi connectivity index (χ2v) is 16.0. The van der Waals surface area contributed by atoms with Crippen molar-refractivity contribution < 1.29 is 0 Å². The zero-order valence-electron chi connectivity index (χ0n) is 31.5. The first-order chi connectivity index (χ1) is 27.3. The van der Waals surface area contributed by atoms with Crippen LogP contribution in [-0.4, -0.2) is 29.9 Å². The second-order valence-electron chi connectivity index (χ2n) is 16.0. The van der Waals surface area contributed by atoms with Crippen LogP contribution in [0.3, 0.4) is 0 Å². The second kappa shape index (κ2) is 11.8. The highest BCUT2D eigenvalue weighted by molar-refractivity contribution is 5.97. The summed E-state index contributed by atoms with van der Waals surface area (Å²) in [4.78, 5) is 30.1. The summed E-state index contributed by atoms with van der Waals surface area (Å²) in [5, 5.41) is 3.41. The van der Waals surface area contributed by atoms with Crippen LogP contribution < -0.4 is 0 Å². The number of hydrogen-bond acceptors (Lipinski definition) is 6. The monoisotopic (exact) mass is 720 g/mol. The molecule has 0 bridgehead atoms. The molecular formula is C50H36N6. The lowest BCUT2D eigenvalue weighted by Crippen LogP contribution is -2.17. The minimum absolute atomic E-state index is 0.148. The van der Waals surface area contributed by atoms with Crippen LogP contribution >= 0.6 is 0 Å². The molecular weight excluding hydrogens is 685 g/mol. The Kier molecular flexibility index (Phi) is 6.84. The molecule has 0 aliphatic heterocycles. The van der Waals surface area contributed by atoms with E-state index in [1.54, 1.807) is 0 Å². The molecule has 0 saturated heterocycles. The number of aromatic nitrogens is 6. The van der Waals surface area contributed by atoms with Gasteiger partial charge in [0.05, 0.1) is 28.3 Å². The number of pyridine rings is 4. The molecule has 0 unspecified atom stereocenters. The molecule has 0 radical (unpaired) electrons. The molecule has 4 aromatic carbocycles. The fraction of sp³-hybridized carbons (Fsp3) is 0.120. The summed E-state index contributed by atoms with van der Waals surface area (Å²) in [6, 6.07) is 42.6. The molecule has 11 rings (SSSR count). The predicted octanol–water partition coefficient (Wildman–Crippen LogP) is 11.6. The van der Waals surface area contributed by atoms with E-state index in [0.29, 0.717) is 11.5 Å². The number of benzene rings is 4. The van der Waals surface area contributed by atoms with Gasteiger partial charge in [-0.1, -0.05) is 94.4 Å². The Bertz CT molecular complexity index is 3100. The van der Waals surface area contributed by atoms with Gasteiger partial charge in [-0.05, 0) is 98.8 Å². The summed E-state index contributed by atoms with van der Waals surface area (Å²) in [7, 11) is 0. The lowest BCUT2D eigenvalue weighted by atomic mass is 9.79. The summed E-state index contributed by atoms with van der Waals surface area (Å²) in [6.07, 6.45) is 7.58. The molecule has 0 saturated carbocycles. The maximum Gasteiger partial charge on any atom is 0.179 e. The van der Waals surface area contributed by atoms with E-state index in [4.69, 9.17) is 24.9 Å². The third kappa shape index (κ3) is 4.75. The number of nitrogens with zero attached hydrogens (tertiary/aromatic N) is 6. The predicted molar refractivity (Wildman–Crippen MR) is 225 cm³/mol. The number of hydrogen-bond donors (Lipinski definition) is 0. The molecule has 0 spiro atoms. The third-order valence-corrected chi connectivity index (χ3v) is 12.1. The maximum absolute atomic E-state index is 5.26. The lowest BCUT2D eigenvalue weighted by Gasteiger charge is -2.24. The van der Waals surface area contributed by atoms with Crippen molar-refractivity contribution in [2.45, 2.75) is 38.5 Å². The standard InChI is InChI=1S/C50H36N6/c1-49(2)38-16-10-20-53-46(38)36-25-40-37(26-39(36)49)47-41(50(40,3)4)23-31(28-54-47)43-27-44(35-19-22-51-42-17-8-7-14-34(35)42)56-48(55-43)45-24-30(18-21-52-45)33-15-9-12-29-11-5-6-13-32(29)33/h5-28H,1-4H3. The van der Waals surface area contributed by atoms with Crippen molar-refractivity contribution >= 4 is 21.7 Å². The van der Waals surface area contributed by atoms with Gasteiger partial charge >= 0.3 is 0 Å². The topological polar surface area (TPSA) is 77.3 Å². The van der Waals surface area contributed by atoms with E-state index in [-0.39, 0.29) is 10.8 Å². The molecule has 0 amide bonds. The first-order valence-electron chi connectivity index (χ1n) is 19.1. The Balaban J connectivity index is 1.08. The third-order valence-electron chi connectivity index (χ3n) is 12.1. The van der Waals surface area contributed by atoms with Crippen LogP contribution in [-0.2, 0) is 10.8 Å². The van der Waals surface area contributed by atoms with Crippen LogP contribution in [0.25, 0.3) is 89.4 Å². The smallest absolute Gasteiger partial charge is 0.179 e. The van der Waals surface area contributed by atoms with Crippen molar-refractivity contribution in [1.29, 1.82) is 0 Å². The van der Waals surface area contributed by atoms with Gasteiger partial charge in [-0.3, -0.25) is 19.9 Å². The van der Waals surface area contributed by atoms with Crippen molar-refractivity contribution in [2.75, 3.05) is 0 Å². The molecule has 2 aliphatic rings. The molecule has 6 heteroatoms. The van der Waals surface area contributed by atoms with Gasteiger partial charge in [0.25, 0.3) is 0 Å². The SMILES string of the molecule is CC1(C)c2cc3c(cc2-c2ncccc21)C(C)(C)c1cc(-c2cc(-c4ccnc5ccccc45)nc(-c4cc(-c5cccc6ccccc56)ccn4)n2)cnc1-3. The Morgan fingerprint density at radius 2 is 1.12 bits per heavy atom. The van der Waals surface area contributed by atoms with Crippen LogP contribution in [0.2, 0.25) is 0 Å². The molecule has 2 aliphatic carbocycles. The molecule has 0 N–H and O–H groups in total. The largest absolute Gasteiger partial charge is 0.256 e. The molecule has 56 heavy (non-hydrogen) atoms. The van der Waals surface area contributed by atoms with E-state index >= 15 is 0 Å². The van der Waals surface area contributed by atoms with Gasteiger partial charge < -0.3 is 0 Å². The van der Waals surface area contributed by atoms with E-state index in [1.807, 2.05) is 55.1 Å². The van der Waals surface area contributed by atoms with Crippen molar-refractivity contribution in [3.05, 3.63) is 168 Å². The molecule has 266 valence electrons. The van der Waals surface area contributed by atoms with Gasteiger partial charge in [0.15, 0.2) is 5.82 Å². The first kappa shape index (κ1) is 32.5. The van der Waals surface area contributed by atoms with E-state index in [0.717, 1.165) is 55.9 Å². The minimum Gasteiger partial charge on any atom is -0.256 e. The van der Waals surface area contributed by atoms with Crippen molar-refractivity contribution in [2.24, 2.45) is 0 Å².